The minimum atomic E-state index is -0.184. The SMILES string of the molecule is COC(=O)CCc1csc(NC2CC2(C)C)n1. The number of anilines is 1. The first kappa shape index (κ1) is 12.4. The Morgan fingerprint density at radius 1 is 1.71 bits per heavy atom. The van der Waals surface area contributed by atoms with Gasteiger partial charge in [0.1, 0.15) is 0 Å². The number of hydrogen-bond donors (Lipinski definition) is 1. The van der Waals surface area contributed by atoms with Crippen LogP contribution in [0.5, 0.6) is 0 Å². The van der Waals surface area contributed by atoms with Crippen LogP contribution in [0.1, 0.15) is 32.4 Å². The molecular weight excluding hydrogens is 236 g/mol. The van der Waals surface area contributed by atoms with Gasteiger partial charge >= 0.3 is 5.97 Å². The Bertz CT molecular complexity index is 414. The summed E-state index contributed by atoms with van der Waals surface area (Å²) < 4.78 is 4.60. The molecule has 94 valence electrons. The molecule has 0 aromatic carbocycles. The molecule has 1 aromatic heterocycles. The van der Waals surface area contributed by atoms with Crippen molar-refractivity contribution in [3.63, 3.8) is 0 Å². The van der Waals surface area contributed by atoms with E-state index in [2.05, 4.69) is 28.9 Å². The van der Waals surface area contributed by atoms with Crippen molar-refractivity contribution in [3.05, 3.63) is 11.1 Å². The fourth-order valence-corrected chi connectivity index (χ4v) is 2.48. The predicted octanol–water partition coefficient (Wildman–Crippen LogP) is 2.46. The van der Waals surface area contributed by atoms with E-state index in [0.29, 0.717) is 24.3 Å². The van der Waals surface area contributed by atoms with Crippen molar-refractivity contribution in [3.8, 4) is 0 Å². The molecule has 1 unspecified atom stereocenters. The third kappa shape index (κ3) is 3.19. The van der Waals surface area contributed by atoms with Crippen molar-refractivity contribution in [1.82, 2.24) is 4.98 Å². The first-order valence-corrected chi connectivity index (χ1v) is 6.67. The molecule has 4 nitrogen and oxygen atoms in total. The van der Waals surface area contributed by atoms with Gasteiger partial charge in [0.05, 0.1) is 19.2 Å². The fraction of sp³-hybridized carbons (Fsp3) is 0.667. The number of carbonyl (C=O) groups is 1. The third-order valence-electron chi connectivity index (χ3n) is 3.18. The summed E-state index contributed by atoms with van der Waals surface area (Å²) in [7, 11) is 1.41. The number of aryl methyl sites for hydroxylation is 1. The summed E-state index contributed by atoms with van der Waals surface area (Å²) in [6.07, 6.45) is 2.25. The van der Waals surface area contributed by atoms with Gasteiger partial charge in [-0.3, -0.25) is 4.79 Å². The van der Waals surface area contributed by atoms with Crippen molar-refractivity contribution in [2.45, 2.75) is 39.2 Å². The molecule has 1 aliphatic rings. The van der Waals surface area contributed by atoms with Crippen molar-refractivity contribution in [2.24, 2.45) is 5.41 Å². The lowest BCUT2D eigenvalue weighted by molar-refractivity contribution is -0.140. The quantitative estimate of drug-likeness (QED) is 0.820. The molecule has 1 heterocycles. The fourth-order valence-electron chi connectivity index (χ4n) is 1.68. The van der Waals surface area contributed by atoms with Crippen LogP contribution in [0.4, 0.5) is 5.13 Å². The van der Waals surface area contributed by atoms with E-state index in [9.17, 15) is 4.79 Å². The van der Waals surface area contributed by atoms with Gasteiger partial charge in [0.25, 0.3) is 0 Å². The van der Waals surface area contributed by atoms with Crippen LogP contribution in [0.15, 0.2) is 5.38 Å². The van der Waals surface area contributed by atoms with E-state index < -0.39 is 0 Å². The molecule has 1 saturated carbocycles. The number of esters is 1. The largest absolute Gasteiger partial charge is 0.469 e. The van der Waals surface area contributed by atoms with Crippen LogP contribution in [-0.2, 0) is 16.0 Å². The van der Waals surface area contributed by atoms with E-state index in [1.54, 1.807) is 11.3 Å². The molecule has 1 aliphatic carbocycles. The average molecular weight is 254 g/mol. The molecule has 1 N–H and O–H groups in total. The highest BCUT2D eigenvalue weighted by atomic mass is 32.1. The van der Waals surface area contributed by atoms with Crippen LogP contribution < -0.4 is 5.32 Å². The molecule has 1 atom stereocenters. The van der Waals surface area contributed by atoms with Gasteiger partial charge in [0, 0.05) is 17.8 Å². The number of aromatic nitrogens is 1. The topological polar surface area (TPSA) is 51.2 Å². The number of nitrogens with zero attached hydrogens (tertiary/aromatic N) is 1. The molecule has 5 heteroatoms. The van der Waals surface area contributed by atoms with Crippen molar-refractivity contribution >= 4 is 22.4 Å². The van der Waals surface area contributed by atoms with Crippen LogP contribution in [0.3, 0.4) is 0 Å². The third-order valence-corrected chi connectivity index (χ3v) is 4.00. The second-order valence-corrected chi connectivity index (χ2v) is 5.97. The number of methoxy groups -OCH3 is 1. The highest BCUT2D eigenvalue weighted by Gasteiger charge is 2.46. The van der Waals surface area contributed by atoms with Crippen LogP contribution >= 0.6 is 11.3 Å². The second kappa shape index (κ2) is 4.64. The summed E-state index contributed by atoms with van der Waals surface area (Å²) in [5, 5.41) is 6.38. The molecule has 0 aliphatic heterocycles. The molecule has 2 rings (SSSR count). The van der Waals surface area contributed by atoms with Crippen LogP contribution in [0.2, 0.25) is 0 Å². The van der Waals surface area contributed by atoms with E-state index in [-0.39, 0.29) is 5.97 Å². The lowest BCUT2D eigenvalue weighted by Gasteiger charge is -2.03. The predicted molar refractivity (Wildman–Crippen MR) is 68.3 cm³/mol. The van der Waals surface area contributed by atoms with Gasteiger partial charge in [0.2, 0.25) is 0 Å². The Kier molecular flexibility index (Phi) is 3.38. The molecule has 0 radical (unpaired) electrons. The van der Waals surface area contributed by atoms with E-state index in [1.165, 1.54) is 13.5 Å². The van der Waals surface area contributed by atoms with Crippen LogP contribution in [0, 0.1) is 5.41 Å². The average Bonchev–Trinajstić information content (AvgIpc) is 2.71. The Balaban J connectivity index is 1.82. The molecular formula is C12H18N2O2S. The molecule has 0 bridgehead atoms. The van der Waals surface area contributed by atoms with Gasteiger partial charge in [-0.05, 0) is 11.8 Å². The number of ether oxygens (including phenoxy) is 1. The van der Waals surface area contributed by atoms with Gasteiger partial charge < -0.3 is 10.1 Å². The summed E-state index contributed by atoms with van der Waals surface area (Å²) in [5.41, 5.74) is 1.36. The number of hydrogen-bond acceptors (Lipinski definition) is 5. The van der Waals surface area contributed by atoms with Gasteiger partial charge in [-0.1, -0.05) is 13.8 Å². The summed E-state index contributed by atoms with van der Waals surface area (Å²) in [5.74, 6) is -0.184. The Morgan fingerprint density at radius 3 is 3.00 bits per heavy atom. The van der Waals surface area contributed by atoms with Crippen molar-refractivity contribution < 1.29 is 9.53 Å². The minimum absolute atomic E-state index is 0.184. The Labute approximate surface area is 105 Å². The monoisotopic (exact) mass is 254 g/mol. The highest BCUT2D eigenvalue weighted by Crippen LogP contribution is 2.46. The maximum absolute atomic E-state index is 11.0. The summed E-state index contributed by atoms with van der Waals surface area (Å²) in [6, 6.07) is 0.544. The number of rotatable bonds is 5. The smallest absolute Gasteiger partial charge is 0.305 e. The minimum Gasteiger partial charge on any atom is -0.469 e. The number of carbonyl (C=O) groups excluding carboxylic acids is 1. The van der Waals surface area contributed by atoms with E-state index in [1.807, 2.05) is 5.38 Å². The number of nitrogens with one attached hydrogen (secondary N) is 1. The lowest BCUT2D eigenvalue weighted by Crippen LogP contribution is -2.08. The van der Waals surface area contributed by atoms with Crippen LogP contribution in [-0.4, -0.2) is 24.1 Å². The Morgan fingerprint density at radius 2 is 2.41 bits per heavy atom. The molecule has 1 aromatic rings. The summed E-state index contributed by atoms with van der Waals surface area (Å²) in [4.78, 5) is 15.5. The zero-order valence-electron chi connectivity index (χ0n) is 10.4. The van der Waals surface area contributed by atoms with E-state index in [0.717, 1.165) is 10.8 Å². The zero-order valence-corrected chi connectivity index (χ0v) is 11.3. The van der Waals surface area contributed by atoms with E-state index in [4.69, 9.17) is 0 Å². The summed E-state index contributed by atoms with van der Waals surface area (Å²) >= 11 is 1.60. The molecule has 0 spiro atoms. The van der Waals surface area contributed by atoms with Gasteiger partial charge in [-0.15, -0.1) is 11.3 Å². The van der Waals surface area contributed by atoms with Crippen molar-refractivity contribution in [2.75, 3.05) is 12.4 Å². The van der Waals surface area contributed by atoms with Gasteiger partial charge in [0.15, 0.2) is 5.13 Å². The Hall–Kier alpha value is -1.10. The molecule has 17 heavy (non-hydrogen) atoms. The summed E-state index contributed by atoms with van der Waals surface area (Å²) in [6.45, 7) is 4.49. The van der Waals surface area contributed by atoms with E-state index >= 15 is 0 Å². The molecule has 0 amide bonds. The highest BCUT2D eigenvalue weighted by molar-refractivity contribution is 7.13. The molecule has 0 saturated heterocycles. The normalized spacial score (nSPS) is 21.0. The number of thiazole rings is 1. The van der Waals surface area contributed by atoms with Gasteiger partial charge in [-0.2, -0.15) is 0 Å². The lowest BCUT2D eigenvalue weighted by atomic mass is 10.2. The zero-order chi connectivity index (χ0) is 12.5. The first-order valence-electron chi connectivity index (χ1n) is 5.79. The maximum Gasteiger partial charge on any atom is 0.305 e. The van der Waals surface area contributed by atoms with Crippen molar-refractivity contribution in [1.29, 1.82) is 0 Å². The first-order chi connectivity index (χ1) is 8.01. The second-order valence-electron chi connectivity index (χ2n) is 5.11. The standard InChI is InChI=1S/C12H18N2O2S/c1-12(2)6-9(12)14-11-13-8(7-17-11)4-5-10(15)16-3/h7,9H,4-6H2,1-3H3,(H,13,14). The van der Waals surface area contributed by atoms with Crippen LogP contribution in [0.25, 0.3) is 0 Å². The van der Waals surface area contributed by atoms with Gasteiger partial charge in [-0.25, -0.2) is 4.98 Å². The maximum atomic E-state index is 11.0. The molecule has 1 fully saturated rings.